The van der Waals surface area contributed by atoms with Gasteiger partial charge in [-0.1, -0.05) is 17.7 Å². The number of aryl methyl sites for hydroxylation is 1. The van der Waals surface area contributed by atoms with Gasteiger partial charge in [-0.2, -0.15) is 15.0 Å². The number of hydrogen-bond donors (Lipinski definition) is 1. The number of nitrogens with one attached hydrogen (secondary N) is 1. The number of aromatic nitrogens is 3. The molecule has 0 atom stereocenters. The van der Waals surface area contributed by atoms with Crippen molar-refractivity contribution in [3.63, 3.8) is 0 Å². The first-order valence-electron chi connectivity index (χ1n) is 8.88. The SMILES string of the molecule is Cc1ccc(Nc2nc(N3CCCC3)nc(N3CCCC3)n2)cc1.Cl. The molecule has 4 rings (SSSR count). The average molecular weight is 361 g/mol. The molecule has 0 spiro atoms. The molecule has 6 nitrogen and oxygen atoms in total. The second-order valence-corrected chi connectivity index (χ2v) is 6.64. The van der Waals surface area contributed by atoms with Crippen molar-refractivity contribution < 1.29 is 0 Å². The van der Waals surface area contributed by atoms with Gasteiger partial charge < -0.3 is 15.1 Å². The summed E-state index contributed by atoms with van der Waals surface area (Å²) < 4.78 is 0. The molecule has 1 aromatic heterocycles. The third kappa shape index (κ3) is 4.12. The fourth-order valence-corrected chi connectivity index (χ4v) is 3.29. The van der Waals surface area contributed by atoms with E-state index in [0.717, 1.165) is 43.8 Å². The Morgan fingerprint density at radius 3 is 1.72 bits per heavy atom. The molecule has 0 amide bonds. The van der Waals surface area contributed by atoms with Gasteiger partial charge in [-0.05, 0) is 44.7 Å². The minimum absolute atomic E-state index is 0. The first kappa shape index (κ1) is 17.7. The van der Waals surface area contributed by atoms with Gasteiger partial charge in [0.2, 0.25) is 17.8 Å². The predicted molar refractivity (Wildman–Crippen MR) is 104 cm³/mol. The van der Waals surface area contributed by atoms with Gasteiger partial charge in [-0.15, -0.1) is 12.4 Å². The lowest BCUT2D eigenvalue weighted by molar-refractivity contribution is 0.841. The molecule has 1 aromatic carbocycles. The van der Waals surface area contributed by atoms with E-state index in [1.165, 1.54) is 31.2 Å². The van der Waals surface area contributed by atoms with Crippen molar-refractivity contribution in [1.82, 2.24) is 15.0 Å². The van der Waals surface area contributed by atoms with Crippen LogP contribution >= 0.6 is 12.4 Å². The molecule has 2 aromatic rings. The monoisotopic (exact) mass is 360 g/mol. The minimum atomic E-state index is 0. The Bertz CT molecular complexity index is 659. The third-order valence-electron chi connectivity index (χ3n) is 4.70. The van der Waals surface area contributed by atoms with E-state index in [4.69, 9.17) is 4.98 Å². The van der Waals surface area contributed by atoms with E-state index in [-0.39, 0.29) is 12.4 Å². The van der Waals surface area contributed by atoms with Crippen molar-refractivity contribution in [3.05, 3.63) is 29.8 Å². The minimum Gasteiger partial charge on any atom is -0.341 e. The molecular formula is C18H25ClN6. The standard InChI is InChI=1S/C18H24N6.ClH/c1-14-6-8-15(9-7-14)19-16-20-17(23-10-2-3-11-23)22-18(21-16)24-12-4-5-13-24;/h6-9H,2-5,10-13H2,1H3,(H,19,20,21,22);1H. The Hall–Kier alpha value is -2.08. The van der Waals surface area contributed by atoms with Gasteiger partial charge in [-0.25, -0.2) is 0 Å². The van der Waals surface area contributed by atoms with Crippen LogP contribution in [-0.4, -0.2) is 41.1 Å². The molecule has 0 saturated carbocycles. The smallest absolute Gasteiger partial charge is 0.233 e. The Morgan fingerprint density at radius 2 is 1.24 bits per heavy atom. The van der Waals surface area contributed by atoms with Gasteiger partial charge in [0.25, 0.3) is 0 Å². The van der Waals surface area contributed by atoms with E-state index < -0.39 is 0 Å². The molecule has 2 saturated heterocycles. The molecule has 7 heteroatoms. The highest BCUT2D eigenvalue weighted by Gasteiger charge is 2.21. The van der Waals surface area contributed by atoms with Crippen LogP contribution in [0.4, 0.5) is 23.5 Å². The lowest BCUT2D eigenvalue weighted by atomic mass is 10.2. The lowest BCUT2D eigenvalue weighted by Crippen LogP contribution is -2.25. The number of halogens is 1. The molecule has 2 fully saturated rings. The average Bonchev–Trinajstić information content (AvgIpc) is 3.30. The fourth-order valence-electron chi connectivity index (χ4n) is 3.29. The first-order valence-corrected chi connectivity index (χ1v) is 8.88. The third-order valence-corrected chi connectivity index (χ3v) is 4.70. The lowest BCUT2D eigenvalue weighted by Gasteiger charge is -2.20. The van der Waals surface area contributed by atoms with Gasteiger partial charge >= 0.3 is 0 Å². The summed E-state index contributed by atoms with van der Waals surface area (Å²) in [6.45, 7) is 6.23. The molecular weight excluding hydrogens is 336 g/mol. The van der Waals surface area contributed by atoms with Crippen LogP contribution < -0.4 is 15.1 Å². The number of nitrogens with zero attached hydrogens (tertiary/aromatic N) is 5. The van der Waals surface area contributed by atoms with E-state index in [2.05, 4.69) is 56.3 Å². The highest BCUT2D eigenvalue weighted by atomic mass is 35.5. The van der Waals surface area contributed by atoms with Crippen LogP contribution in [0.25, 0.3) is 0 Å². The molecule has 0 aliphatic carbocycles. The summed E-state index contributed by atoms with van der Waals surface area (Å²) in [5.74, 6) is 2.25. The van der Waals surface area contributed by atoms with Crippen LogP contribution in [0.3, 0.4) is 0 Å². The van der Waals surface area contributed by atoms with E-state index in [1.807, 2.05) is 0 Å². The second kappa shape index (κ2) is 7.87. The highest BCUT2D eigenvalue weighted by Crippen LogP contribution is 2.24. The zero-order chi connectivity index (χ0) is 16.4. The summed E-state index contributed by atoms with van der Waals surface area (Å²) in [6.07, 6.45) is 4.85. The Labute approximate surface area is 155 Å². The Balaban J connectivity index is 0.00000182. The van der Waals surface area contributed by atoms with Crippen molar-refractivity contribution in [2.75, 3.05) is 41.3 Å². The number of benzene rings is 1. The van der Waals surface area contributed by atoms with Crippen molar-refractivity contribution >= 4 is 35.9 Å². The van der Waals surface area contributed by atoms with Crippen LogP contribution in [-0.2, 0) is 0 Å². The van der Waals surface area contributed by atoms with E-state index in [1.54, 1.807) is 0 Å². The molecule has 2 aliphatic rings. The van der Waals surface area contributed by atoms with Crippen molar-refractivity contribution in [2.24, 2.45) is 0 Å². The summed E-state index contributed by atoms with van der Waals surface area (Å²) in [5.41, 5.74) is 2.25. The van der Waals surface area contributed by atoms with Crippen LogP contribution in [0.5, 0.6) is 0 Å². The molecule has 134 valence electrons. The number of rotatable bonds is 4. The summed E-state index contributed by atoms with van der Waals surface area (Å²) in [7, 11) is 0. The molecule has 2 aliphatic heterocycles. The quantitative estimate of drug-likeness (QED) is 0.899. The number of anilines is 4. The van der Waals surface area contributed by atoms with E-state index in [9.17, 15) is 0 Å². The van der Waals surface area contributed by atoms with Crippen LogP contribution in [0.1, 0.15) is 31.2 Å². The molecule has 0 radical (unpaired) electrons. The zero-order valence-electron chi connectivity index (χ0n) is 14.6. The highest BCUT2D eigenvalue weighted by molar-refractivity contribution is 5.85. The summed E-state index contributed by atoms with van der Waals surface area (Å²) in [4.78, 5) is 18.6. The Morgan fingerprint density at radius 1 is 0.760 bits per heavy atom. The summed E-state index contributed by atoms with van der Waals surface area (Å²) >= 11 is 0. The maximum Gasteiger partial charge on any atom is 0.233 e. The Kier molecular flexibility index (Phi) is 5.58. The van der Waals surface area contributed by atoms with Gasteiger partial charge in [0, 0.05) is 31.9 Å². The number of hydrogen-bond acceptors (Lipinski definition) is 6. The largest absolute Gasteiger partial charge is 0.341 e. The second-order valence-electron chi connectivity index (χ2n) is 6.64. The normalized spacial score (nSPS) is 16.8. The first-order chi connectivity index (χ1) is 11.8. The molecule has 25 heavy (non-hydrogen) atoms. The topological polar surface area (TPSA) is 57.2 Å². The van der Waals surface area contributed by atoms with Gasteiger partial charge in [0.05, 0.1) is 0 Å². The van der Waals surface area contributed by atoms with Gasteiger partial charge in [-0.3, -0.25) is 0 Å². The molecule has 3 heterocycles. The molecule has 1 N–H and O–H groups in total. The summed E-state index contributed by atoms with van der Waals surface area (Å²) in [6, 6.07) is 8.30. The van der Waals surface area contributed by atoms with Crippen LogP contribution in [0.2, 0.25) is 0 Å². The van der Waals surface area contributed by atoms with Crippen LogP contribution in [0.15, 0.2) is 24.3 Å². The van der Waals surface area contributed by atoms with Crippen molar-refractivity contribution in [2.45, 2.75) is 32.6 Å². The predicted octanol–water partition coefficient (Wildman–Crippen LogP) is 3.55. The van der Waals surface area contributed by atoms with E-state index in [0.29, 0.717) is 5.95 Å². The van der Waals surface area contributed by atoms with Gasteiger partial charge in [0.1, 0.15) is 0 Å². The maximum absolute atomic E-state index is 4.74. The fraction of sp³-hybridized carbons (Fsp3) is 0.500. The van der Waals surface area contributed by atoms with Crippen molar-refractivity contribution in [3.8, 4) is 0 Å². The van der Waals surface area contributed by atoms with Crippen molar-refractivity contribution in [1.29, 1.82) is 0 Å². The van der Waals surface area contributed by atoms with E-state index >= 15 is 0 Å². The zero-order valence-corrected chi connectivity index (χ0v) is 15.4. The molecule has 0 unspecified atom stereocenters. The summed E-state index contributed by atoms with van der Waals surface area (Å²) in [5, 5.41) is 3.34. The van der Waals surface area contributed by atoms with Gasteiger partial charge in [0.15, 0.2) is 0 Å². The molecule has 0 bridgehead atoms. The maximum atomic E-state index is 4.74. The van der Waals surface area contributed by atoms with Crippen LogP contribution in [0, 0.1) is 6.92 Å².